The number of H-pyrrole nitrogens is 1. The molecule has 1 unspecified atom stereocenters. The predicted molar refractivity (Wildman–Crippen MR) is 124 cm³/mol. The first-order valence-electron chi connectivity index (χ1n) is 11.0. The number of rotatable bonds is 4. The Labute approximate surface area is 182 Å². The van der Waals surface area contributed by atoms with Crippen LogP contribution in [0.1, 0.15) is 41.4 Å². The maximum absolute atomic E-state index is 13.3. The molecule has 31 heavy (non-hydrogen) atoms. The van der Waals surface area contributed by atoms with Gasteiger partial charge >= 0.3 is 0 Å². The second kappa shape index (κ2) is 7.85. The van der Waals surface area contributed by atoms with Crippen molar-refractivity contribution >= 4 is 11.0 Å². The van der Waals surface area contributed by atoms with E-state index in [1.807, 2.05) is 49.0 Å². The first-order valence-corrected chi connectivity index (χ1v) is 11.0. The highest BCUT2D eigenvalue weighted by Crippen LogP contribution is 2.28. The Balaban J connectivity index is 1.40. The Morgan fingerprint density at radius 2 is 1.90 bits per heavy atom. The van der Waals surface area contributed by atoms with Crippen LogP contribution in [0.25, 0.3) is 16.7 Å². The zero-order chi connectivity index (χ0) is 21.5. The van der Waals surface area contributed by atoms with Crippen LogP contribution in [0, 0.1) is 13.8 Å². The number of aryl methyl sites for hydroxylation is 1. The standard InChI is InChI=1S/C25H29N5O/c1-17-9-7-13-22-23(17)27-24(26-22)19-10-8-14-29(15-19)16-21-18(2)28(3)30(25(21)31)20-11-5-4-6-12-20/h4-7,9,11-13,19H,8,10,14-16H2,1-3H3,(H,26,27). The number of imidazole rings is 1. The normalized spacial score (nSPS) is 17.5. The Hall–Kier alpha value is -3.12. The van der Waals surface area contributed by atoms with E-state index in [4.69, 9.17) is 4.98 Å². The molecule has 6 nitrogen and oxygen atoms in total. The molecule has 2 aromatic heterocycles. The van der Waals surface area contributed by atoms with Gasteiger partial charge in [0.05, 0.1) is 22.3 Å². The summed E-state index contributed by atoms with van der Waals surface area (Å²) in [6.07, 6.45) is 2.23. The highest BCUT2D eigenvalue weighted by Gasteiger charge is 2.26. The SMILES string of the molecule is Cc1cccc2[nH]c(C3CCCN(Cc4c(C)n(C)n(-c5ccccc5)c4=O)C3)nc12. The molecule has 3 heterocycles. The summed E-state index contributed by atoms with van der Waals surface area (Å²) in [5.41, 5.74) is 6.26. The van der Waals surface area contributed by atoms with Crippen LogP contribution in [0.4, 0.5) is 0 Å². The van der Waals surface area contributed by atoms with E-state index in [0.29, 0.717) is 12.5 Å². The Bertz CT molecular complexity index is 1280. The molecular formula is C25H29N5O. The molecule has 2 aromatic carbocycles. The first-order chi connectivity index (χ1) is 15.0. The number of aromatic nitrogens is 4. The quantitative estimate of drug-likeness (QED) is 0.547. The van der Waals surface area contributed by atoms with Gasteiger partial charge in [0, 0.05) is 31.7 Å². The maximum atomic E-state index is 13.3. The lowest BCUT2D eigenvalue weighted by Gasteiger charge is -2.31. The molecule has 1 saturated heterocycles. The van der Waals surface area contributed by atoms with Crippen LogP contribution in [0.5, 0.6) is 0 Å². The Morgan fingerprint density at radius 3 is 2.68 bits per heavy atom. The molecule has 5 rings (SSSR count). The molecule has 0 saturated carbocycles. The van der Waals surface area contributed by atoms with Crippen LogP contribution < -0.4 is 5.56 Å². The van der Waals surface area contributed by atoms with E-state index in [1.165, 1.54) is 5.56 Å². The number of benzene rings is 2. The number of aromatic amines is 1. The van der Waals surface area contributed by atoms with E-state index in [1.54, 1.807) is 4.68 Å². The topological polar surface area (TPSA) is 58.9 Å². The van der Waals surface area contributed by atoms with Gasteiger partial charge in [0.15, 0.2) is 0 Å². The van der Waals surface area contributed by atoms with Crippen molar-refractivity contribution in [2.75, 3.05) is 13.1 Å². The maximum Gasteiger partial charge on any atom is 0.276 e. The van der Waals surface area contributed by atoms with Crippen LogP contribution in [-0.2, 0) is 13.6 Å². The van der Waals surface area contributed by atoms with E-state index < -0.39 is 0 Å². The Kier molecular flexibility index (Phi) is 5.02. The predicted octanol–water partition coefficient (Wildman–Crippen LogP) is 4.05. The van der Waals surface area contributed by atoms with Crippen LogP contribution in [-0.4, -0.2) is 37.3 Å². The average molecular weight is 416 g/mol. The number of para-hydroxylation sites is 2. The van der Waals surface area contributed by atoms with Crippen LogP contribution in [0.2, 0.25) is 0 Å². The number of nitrogens with one attached hydrogen (secondary N) is 1. The fourth-order valence-corrected chi connectivity index (χ4v) is 4.84. The number of piperidine rings is 1. The van der Waals surface area contributed by atoms with E-state index >= 15 is 0 Å². The number of hydrogen-bond donors (Lipinski definition) is 1. The lowest BCUT2D eigenvalue weighted by atomic mass is 9.97. The van der Waals surface area contributed by atoms with Gasteiger partial charge < -0.3 is 4.98 Å². The molecule has 160 valence electrons. The van der Waals surface area contributed by atoms with Gasteiger partial charge in [0.25, 0.3) is 5.56 Å². The summed E-state index contributed by atoms with van der Waals surface area (Å²) in [4.78, 5) is 24.2. The number of fused-ring (bicyclic) bond motifs is 1. The second-order valence-corrected chi connectivity index (χ2v) is 8.71. The summed E-state index contributed by atoms with van der Waals surface area (Å²) in [6.45, 7) is 6.75. The van der Waals surface area contributed by atoms with Gasteiger partial charge in [0.2, 0.25) is 0 Å². The van der Waals surface area contributed by atoms with Crippen LogP contribution >= 0.6 is 0 Å². The van der Waals surface area contributed by atoms with Gasteiger partial charge in [-0.25, -0.2) is 9.67 Å². The third-order valence-electron chi connectivity index (χ3n) is 6.68. The summed E-state index contributed by atoms with van der Waals surface area (Å²) >= 11 is 0. The molecule has 1 atom stereocenters. The molecule has 0 spiro atoms. The summed E-state index contributed by atoms with van der Waals surface area (Å²) in [7, 11) is 1.96. The highest BCUT2D eigenvalue weighted by molar-refractivity contribution is 5.78. The summed E-state index contributed by atoms with van der Waals surface area (Å²) in [6, 6.07) is 16.1. The molecule has 6 heteroatoms. The molecule has 1 aliphatic heterocycles. The van der Waals surface area contributed by atoms with Crippen LogP contribution in [0.3, 0.4) is 0 Å². The van der Waals surface area contributed by atoms with Crippen molar-refractivity contribution < 1.29 is 0 Å². The van der Waals surface area contributed by atoms with Crippen molar-refractivity contribution in [1.82, 2.24) is 24.2 Å². The monoisotopic (exact) mass is 415 g/mol. The molecule has 0 bridgehead atoms. The molecule has 1 fully saturated rings. The average Bonchev–Trinajstić information content (AvgIpc) is 3.31. The van der Waals surface area contributed by atoms with Crippen molar-refractivity contribution in [1.29, 1.82) is 0 Å². The number of nitrogens with zero attached hydrogens (tertiary/aromatic N) is 4. The minimum Gasteiger partial charge on any atom is -0.342 e. The van der Waals surface area contributed by atoms with Gasteiger partial charge in [-0.05, 0) is 57.0 Å². The zero-order valence-corrected chi connectivity index (χ0v) is 18.4. The number of hydrogen-bond acceptors (Lipinski definition) is 3. The summed E-state index contributed by atoms with van der Waals surface area (Å²) in [5.74, 6) is 1.43. The van der Waals surface area contributed by atoms with Crippen LogP contribution in [0.15, 0.2) is 53.3 Å². The highest BCUT2D eigenvalue weighted by atomic mass is 16.1. The summed E-state index contributed by atoms with van der Waals surface area (Å²) < 4.78 is 3.74. The van der Waals surface area contributed by atoms with Crippen molar-refractivity contribution in [3.63, 3.8) is 0 Å². The van der Waals surface area contributed by atoms with Gasteiger partial charge in [-0.15, -0.1) is 0 Å². The van der Waals surface area contributed by atoms with E-state index in [9.17, 15) is 4.79 Å². The van der Waals surface area contributed by atoms with Crippen molar-refractivity contribution in [3.05, 3.63) is 81.5 Å². The van der Waals surface area contributed by atoms with Gasteiger partial charge in [0.1, 0.15) is 5.82 Å². The second-order valence-electron chi connectivity index (χ2n) is 8.71. The molecule has 1 aliphatic rings. The largest absolute Gasteiger partial charge is 0.342 e. The lowest BCUT2D eigenvalue weighted by Crippen LogP contribution is -2.36. The van der Waals surface area contributed by atoms with Gasteiger partial charge in [-0.1, -0.05) is 30.3 Å². The minimum atomic E-state index is 0.0766. The fraction of sp³-hybridized carbons (Fsp3) is 0.360. The molecule has 0 radical (unpaired) electrons. The molecule has 4 aromatic rings. The third kappa shape index (κ3) is 3.51. The molecule has 0 aliphatic carbocycles. The fourth-order valence-electron chi connectivity index (χ4n) is 4.84. The zero-order valence-electron chi connectivity index (χ0n) is 18.4. The van der Waals surface area contributed by atoms with E-state index in [2.05, 4.69) is 35.0 Å². The number of likely N-dealkylation sites (tertiary alicyclic amines) is 1. The van der Waals surface area contributed by atoms with E-state index in [-0.39, 0.29) is 5.56 Å². The van der Waals surface area contributed by atoms with Crippen molar-refractivity contribution in [2.45, 2.75) is 39.2 Å². The Morgan fingerprint density at radius 1 is 1.10 bits per heavy atom. The lowest BCUT2D eigenvalue weighted by molar-refractivity contribution is 0.196. The minimum absolute atomic E-state index is 0.0766. The molecular weight excluding hydrogens is 386 g/mol. The molecule has 0 amide bonds. The van der Waals surface area contributed by atoms with Gasteiger partial charge in [-0.3, -0.25) is 14.4 Å². The van der Waals surface area contributed by atoms with Crippen molar-refractivity contribution in [3.8, 4) is 5.69 Å². The smallest absolute Gasteiger partial charge is 0.276 e. The summed E-state index contributed by atoms with van der Waals surface area (Å²) in [5, 5.41) is 0. The third-order valence-corrected chi connectivity index (χ3v) is 6.68. The van der Waals surface area contributed by atoms with E-state index in [0.717, 1.165) is 59.7 Å². The first kappa shape index (κ1) is 19.8. The van der Waals surface area contributed by atoms with Crippen molar-refractivity contribution in [2.24, 2.45) is 7.05 Å². The van der Waals surface area contributed by atoms with Gasteiger partial charge in [-0.2, -0.15) is 0 Å². The molecule has 1 N–H and O–H groups in total.